The number of piperazine rings is 1. The van der Waals surface area contributed by atoms with Crippen LogP contribution in [0.15, 0.2) is 41.8 Å². The van der Waals surface area contributed by atoms with E-state index in [1.165, 1.54) is 4.88 Å². The quantitative estimate of drug-likeness (QED) is 0.656. The number of rotatable bonds is 4. The Morgan fingerprint density at radius 2 is 1.78 bits per heavy atom. The average molecular weight is 376 g/mol. The summed E-state index contributed by atoms with van der Waals surface area (Å²) in [6.45, 7) is 3.93. The van der Waals surface area contributed by atoms with Gasteiger partial charge in [0.15, 0.2) is 0 Å². The van der Waals surface area contributed by atoms with E-state index in [1.54, 1.807) is 23.5 Å². The number of thiophene rings is 1. The van der Waals surface area contributed by atoms with Crippen molar-refractivity contribution < 1.29 is 4.92 Å². The first-order valence-electron chi connectivity index (χ1n) is 6.98. The zero-order valence-corrected chi connectivity index (χ0v) is 14.8. The summed E-state index contributed by atoms with van der Waals surface area (Å²) in [5, 5.41) is 16.2. The molecule has 1 aliphatic heterocycles. The molecule has 1 fully saturated rings. The standard InChI is InChI=1S/C15H17N3O2S.2ClH/c19-18(20)13-5-3-12(4-6-13)15(14-2-1-11-21-14)17-9-7-16-8-10-17;;/h1-6,11,15-16H,7-10H2;2*1H/t15-;;/m1../s1. The van der Waals surface area contributed by atoms with Crippen molar-refractivity contribution in [2.45, 2.75) is 6.04 Å². The van der Waals surface area contributed by atoms with E-state index in [1.807, 2.05) is 12.1 Å². The summed E-state index contributed by atoms with van der Waals surface area (Å²) in [4.78, 5) is 14.2. The molecular formula is C15H19Cl2N3O2S. The molecule has 8 heteroatoms. The number of hydrogen-bond acceptors (Lipinski definition) is 5. The summed E-state index contributed by atoms with van der Waals surface area (Å²) in [5.41, 5.74) is 1.26. The smallest absolute Gasteiger partial charge is 0.269 e. The van der Waals surface area contributed by atoms with Gasteiger partial charge in [0, 0.05) is 43.2 Å². The van der Waals surface area contributed by atoms with Crippen LogP contribution in [0.4, 0.5) is 5.69 Å². The molecular weight excluding hydrogens is 357 g/mol. The topological polar surface area (TPSA) is 58.4 Å². The van der Waals surface area contributed by atoms with E-state index in [9.17, 15) is 10.1 Å². The molecule has 0 radical (unpaired) electrons. The molecule has 1 aromatic carbocycles. The number of non-ortho nitro benzene ring substituents is 1. The lowest BCUT2D eigenvalue weighted by Gasteiger charge is -2.34. The fourth-order valence-corrected chi connectivity index (χ4v) is 3.61. The van der Waals surface area contributed by atoms with Crippen molar-refractivity contribution in [3.63, 3.8) is 0 Å². The Labute approximate surface area is 151 Å². The van der Waals surface area contributed by atoms with Crippen LogP contribution >= 0.6 is 36.2 Å². The largest absolute Gasteiger partial charge is 0.314 e. The predicted molar refractivity (Wildman–Crippen MR) is 98.2 cm³/mol. The molecule has 0 amide bonds. The van der Waals surface area contributed by atoms with E-state index in [0.29, 0.717) is 0 Å². The van der Waals surface area contributed by atoms with E-state index in [4.69, 9.17) is 0 Å². The molecule has 0 unspecified atom stereocenters. The van der Waals surface area contributed by atoms with E-state index < -0.39 is 0 Å². The monoisotopic (exact) mass is 375 g/mol. The average Bonchev–Trinajstić information content (AvgIpc) is 3.03. The molecule has 0 spiro atoms. The molecule has 1 N–H and O–H groups in total. The van der Waals surface area contributed by atoms with Crippen LogP contribution in [0.5, 0.6) is 0 Å². The van der Waals surface area contributed by atoms with Crippen LogP contribution in [0.1, 0.15) is 16.5 Å². The lowest BCUT2D eigenvalue weighted by molar-refractivity contribution is -0.384. The van der Waals surface area contributed by atoms with Crippen molar-refractivity contribution in [2.75, 3.05) is 26.2 Å². The van der Waals surface area contributed by atoms with Crippen LogP contribution in [0.25, 0.3) is 0 Å². The van der Waals surface area contributed by atoms with Gasteiger partial charge in [-0.3, -0.25) is 15.0 Å². The van der Waals surface area contributed by atoms with Crippen molar-refractivity contribution in [2.24, 2.45) is 0 Å². The molecule has 23 heavy (non-hydrogen) atoms. The Bertz CT molecular complexity index is 602. The Balaban J connectivity index is 0.00000132. The Kier molecular flexibility index (Phi) is 7.94. The Hall–Kier alpha value is -1.18. The van der Waals surface area contributed by atoms with Crippen molar-refractivity contribution in [3.8, 4) is 0 Å². The second-order valence-corrected chi connectivity index (χ2v) is 6.03. The van der Waals surface area contributed by atoms with Crippen LogP contribution < -0.4 is 5.32 Å². The van der Waals surface area contributed by atoms with Crippen LogP contribution in [0.3, 0.4) is 0 Å². The van der Waals surface area contributed by atoms with Crippen molar-refractivity contribution in [1.82, 2.24) is 10.2 Å². The second-order valence-electron chi connectivity index (χ2n) is 5.05. The SMILES string of the molecule is Cl.Cl.O=[N+]([O-])c1ccc([C@H](c2cccs2)N2CCNCC2)cc1. The fourth-order valence-electron chi connectivity index (χ4n) is 2.72. The van der Waals surface area contributed by atoms with Gasteiger partial charge in [-0.2, -0.15) is 0 Å². The van der Waals surface area contributed by atoms with E-state index in [2.05, 4.69) is 27.7 Å². The molecule has 0 aliphatic carbocycles. The summed E-state index contributed by atoms with van der Waals surface area (Å²) in [7, 11) is 0. The van der Waals surface area contributed by atoms with Crippen LogP contribution in [0.2, 0.25) is 0 Å². The number of nitro groups is 1. The van der Waals surface area contributed by atoms with Gasteiger partial charge in [-0.1, -0.05) is 18.2 Å². The molecule has 2 aromatic rings. The summed E-state index contributed by atoms with van der Waals surface area (Å²) < 4.78 is 0. The highest BCUT2D eigenvalue weighted by molar-refractivity contribution is 7.10. The highest BCUT2D eigenvalue weighted by atomic mass is 35.5. The minimum Gasteiger partial charge on any atom is -0.314 e. The number of nitrogens with zero attached hydrogens (tertiary/aromatic N) is 2. The zero-order valence-electron chi connectivity index (χ0n) is 12.4. The molecule has 0 saturated carbocycles. The summed E-state index contributed by atoms with van der Waals surface area (Å²) in [6, 6.07) is 11.3. The molecule has 2 heterocycles. The summed E-state index contributed by atoms with van der Waals surface area (Å²) in [6.07, 6.45) is 0. The first-order chi connectivity index (χ1) is 10.3. The van der Waals surface area contributed by atoms with Crippen molar-refractivity contribution >= 4 is 41.8 Å². The maximum Gasteiger partial charge on any atom is 0.269 e. The number of halogens is 2. The van der Waals surface area contributed by atoms with Gasteiger partial charge in [0.25, 0.3) is 5.69 Å². The van der Waals surface area contributed by atoms with Gasteiger partial charge in [0.1, 0.15) is 0 Å². The summed E-state index contributed by atoms with van der Waals surface area (Å²) >= 11 is 1.73. The van der Waals surface area contributed by atoms with Crippen molar-refractivity contribution in [3.05, 3.63) is 62.3 Å². The highest BCUT2D eigenvalue weighted by Crippen LogP contribution is 2.32. The first-order valence-corrected chi connectivity index (χ1v) is 7.86. The van der Waals surface area contributed by atoms with Gasteiger partial charge >= 0.3 is 0 Å². The molecule has 1 aliphatic rings. The van der Waals surface area contributed by atoms with Gasteiger partial charge in [0.2, 0.25) is 0 Å². The molecule has 1 atom stereocenters. The molecule has 5 nitrogen and oxygen atoms in total. The van der Waals surface area contributed by atoms with Crippen LogP contribution in [-0.4, -0.2) is 36.0 Å². The molecule has 126 valence electrons. The third-order valence-corrected chi connectivity index (χ3v) is 4.67. The minimum absolute atomic E-state index is 0. The third-order valence-electron chi connectivity index (χ3n) is 3.75. The number of hydrogen-bond donors (Lipinski definition) is 1. The lowest BCUT2D eigenvalue weighted by atomic mass is 10.0. The Morgan fingerprint density at radius 1 is 1.13 bits per heavy atom. The maximum absolute atomic E-state index is 10.8. The second kappa shape index (κ2) is 9.20. The normalized spacial score (nSPS) is 16.0. The molecule has 1 aromatic heterocycles. The van der Waals surface area contributed by atoms with Gasteiger partial charge in [-0.25, -0.2) is 0 Å². The van der Waals surface area contributed by atoms with E-state index in [-0.39, 0.29) is 41.5 Å². The van der Waals surface area contributed by atoms with Gasteiger partial charge in [-0.15, -0.1) is 36.2 Å². The first kappa shape index (κ1) is 19.9. The lowest BCUT2D eigenvalue weighted by Crippen LogP contribution is -2.45. The molecule has 1 saturated heterocycles. The van der Waals surface area contributed by atoms with Crippen molar-refractivity contribution in [1.29, 1.82) is 0 Å². The van der Waals surface area contributed by atoms with Gasteiger partial charge in [-0.05, 0) is 17.0 Å². The highest BCUT2D eigenvalue weighted by Gasteiger charge is 2.25. The predicted octanol–water partition coefficient (Wildman–Crippen LogP) is 3.49. The minimum atomic E-state index is -0.352. The van der Waals surface area contributed by atoms with E-state index in [0.717, 1.165) is 31.7 Å². The van der Waals surface area contributed by atoms with E-state index >= 15 is 0 Å². The van der Waals surface area contributed by atoms with Gasteiger partial charge < -0.3 is 5.32 Å². The Morgan fingerprint density at radius 3 is 2.30 bits per heavy atom. The van der Waals surface area contributed by atoms with Gasteiger partial charge in [0.05, 0.1) is 11.0 Å². The number of benzene rings is 1. The third kappa shape index (κ3) is 4.65. The maximum atomic E-state index is 10.8. The number of nitrogens with one attached hydrogen (secondary N) is 1. The fraction of sp³-hybridized carbons (Fsp3) is 0.333. The van der Waals surface area contributed by atoms with Crippen LogP contribution in [-0.2, 0) is 0 Å². The summed E-state index contributed by atoms with van der Waals surface area (Å²) in [5.74, 6) is 0. The zero-order chi connectivity index (χ0) is 14.7. The molecule has 3 rings (SSSR count). The number of nitro benzene ring substituents is 1. The molecule has 0 bridgehead atoms. The van der Waals surface area contributed by atoms with Crippen LogP contribution in [0, 0.1) is 10.1 Å².